The number of aliphatic hydroxyl groups is 1. The Labute approximate surface area is 581 Å². The van der Waals surface area contributed by atoms with Crippen LogP contribution in [0.5, 0.6) is 0 Å². The first-order valence-corrected chi connectivity index (χ1v) is 42.5. The molecule has 5 atom stereocenters. The summed E-state index contributed by atoms with van der Waals surface area (Å²) in [5.41, 5.74) is 0. The molecule has 0 saturated heterocycles. The number of carbonyl (C=O) groups is 4. The second kappa shape index (κ2) is 67.9. The van der Waals surface area contributed by atoms with E-state index < -0.39 is 97.5 Å². The monoisotopic (exact) mass is 1400 g/mol. The third-order valence-electron chi connectivity index (χ3n) is 17.7. The molecule has 0 aliphatic carbocycles. The zero-order valence-corrected chi connectivity index (χ0v) is 63.8. The van der Waals surface area contributed by atoms with Crippen LogP contribution in [0.4, 0.5) is 0 Å². The number of unbranched alkanes of at least 4 members (excludes halogenated alkanes) is 45. The van der Waals surface area contributed by atoms with E-state index >= 15 is 0 Å². The standard InChI is InChI=1S/C76H148O17P2/c1-7-9-11-13-15-17-19-21-23-24-25-26-27-28-29-30-32-34-36-40-48-54-60-75(80)92-71(64-86-73(78)58-52-46-39-35-33-31-22-20-18-16-14-12-10-8-2)66-90-94(82,83)88-62-70(77)63-89-95(84,85)91-67-72(65-87-74(79)59-53-47-43-42-45-51-57-69(5)6)93-76(81)61-55-49-41-37-38-44-50-56-68(3)4/h68-72,77H,7-67H2,1-6H3,(H,82,83)(H,84,85)/t70-,71-,72-/m1/s1. The van der Waals surface area contributed by atoms with E-state index in [-0.39, 0.29) is 25.7 Å². The molecular weight excluding hydrogens is 1250 g/mol. The van der Waals surface area contributed by atoms with Crippen LogP contribution < -0.4 is 0 Å². The summed E-state index contributed by atoms with van der Waals surface area (Å²) in [5.74, 6) is -0.747. The smallest absolute Gasteiger partial charge is 0.462 e. The molecule has 0 saturated carbocycles. The minimum absolute atomic E-state index is 0.103. The Hall–Kier alpha value is -1.94. The Morgan fingerprint density at radius 3 is 0.716 bits per heavy atom. The number of esters is 4. The molecular formula is C76H148O17P2. The van der Waals surface area contributed by atoms with E-state index in [1.54, 1.807) is 0 Å². The highest BCUT2D eigenvalue weighted by molar-refractivity contribution is 7.47. The van der Waals surface area contributed by atoms with Crippen LogP contribution in [0.1, 0.15) is 395 Å². The van der Waals surface area contributed by atoms with Gasteiger partial charge in [0.05, 0.1) is 26.4 Å². The van der Waals surface area contributed by atoms with Gasteiger partial charge in [0, 0.05) is 25.7 Å². The fraction of sp³-hybridized carbons (Fsp3) is 0.947. The Morgan fingerprint density at radius 1 is 0.284 bits per heavy atom. The van der Waals surface area contributed by atoms with Crippen molar-refractivity contribution in [3.63, 3.8) is 0 Å². The first kappa shape index (κ1) is 93.1. The van der Waals surface area contributed by atoms with Crippen molar-refractivity contribution < 1.29 is 80.2 Å². The number of rotatable bonds is 75. The van der Waals surface area contributed by atoms with Crippen LogP contribution in [0.15, 0.2) is 0 Å². The molecule has 17 nitrogen and oxygen atoms in total. The molecule has 0 rings (SSSR count). The van der Waals surface area contributed by atoms with Crippen LogP contribution in [0.3, 0.4) is 0 Å². The topological polar surface area (TPSA) is 237 Å². The highest BCUT2D eigenvalue weighted by Crippen LogP contribution is 2.45. The zero-order valence-electron chi connectivity index (χ0n) is 62.0. The highest BCUT2D eigenvalue weighted by Gasteiger charge is 2.30. The summed E-state index contributed by atoms with van der Waals surface area (Å²) in [4.78, 5) is 72.7. The second-order valence-electron chi connectivity index (χ2n) is 28.3. The number of phosphoric acid groups is 2. The van der Waals surface area contributed by atoms with Crippen LogP contribution >= 0.6 is 15.6 Å². The Bertz CT molecular complexity index is 1840. The molecule has 0 spiro atoms. The van der Waals surface area contributed by atoms with Gasteiger partial charge in [0.1, 0.15) is 19.3 Å². The van der Waals surface area contributed by atoms with E-state index in [9.17, 15) is 43.2 Å². The fourth-order valence-corrected chi connectivity index (χ4v) is 13.2. The average molecular weight is 1400 g/mol. The van der Waals surface area contributed by atoms with Crippen molar-refractivity contribution >= 4 is 39.5 Å². The molecule has 0 fully saturated rings. The number of ether oxygens (including phenoxy) is 4. The van der Waals surface area contributed by atoms with Crippen molar-refractivity contribution in [1.29, 1.82) is 0 Å². The minimum atomic E-state index is -4.96. The lowest BCUT2D eigenvalue weighted by molar-refractivity contribution is -0.161. The summed E-state index contributed by atoms with van der Waals surface area (Å²) in [6.45, 7) is 9.44. The largest absolute Gasteiger partial charge is 0.472 e. The first-order valence-electron chi connectivity index (χ1n) is 39.5. The summed E-state index contributed by atoms with van der Waals surface area (Å²) in [5, 5.41) is 10.6. The molecule has 0 aliphatic heterocycles. The molecule has 0 amide bonds. The second-order valence-corrected chi connectivity index (χ2v) is 31.3. The summed E-state index contributed by atoms with van der Waals surface area (Å²) >= 11 is 0. The normalized spacial score (nSPS) is 14.0. The van der Waals surface area contributed by atoms with E-state index in [1.165, 1.54) is 205 Å². The van der Waals surface area contributed by atoms with Gasteiger partial charge in [-0.25, -0.2) is 9.13 Å². The highest BCUT2D eigenvalue weighted by atomic mass is 31.2. The average Bonchev–Trinajstić information content (AvgIpc) is 2.20. The van der Waals surface area contributed by atoms with Gasteiger partial charge >= 0.3 is 39.5 Å². The van der Waals surface area contributed by atoms with Crippen molar-refractivity contribution in [2.24, 2.45) is 11.8 Å². The molecule has 19 heteroatoms. The predicted molar refractivity (Wildman–Crippen MR) is 386 cm³/mol. The third kappa shape index (κ3) is 70.3. The van der Waals surface area contributed by atoms with Crippen molar-refractivity contribution in [2.45, 2.75) is 413 Å². The van der Waals surface area contributed by atoms with Crippen molar-refractivity contribution in [3.05, 3.63) is 0 Å². The molecule has 0 aromatic heterocycles. The summed E-state index contributed by atoms with van der Waals surface area (Å²) < 4.78 is 68.4. The maximum atomic E-state index is 13.1. The molecule has 2 unspecified atom stereocenters. The van der Waals surface area contributed by atoms with Crippen LogP contribution in [-0.2, 0) is 65.4 Å². The Morgan fingerprint density at radius 2 is 0.484 bits per heavy atom. The lowest BCUT2D eigenvalue weighted by atomic mass is 10.0. The third-order valence-corrected chi connectivity index (χ3v) is 19.6. The van der Waals surface area contributed by atoms with Gasteiger partial charge in [0.15, 0.2) is 12.2 Å². The number of hydrogen-bond donors (Lipinski definition) is 3. The van der Waals surface area contributed by atoms with Gasteiger partial charge in [0.2, 0.25) is 0 Å². The SMILES string of the molecule is CCCCCCCCCCCCCCCCCCCCCCCCC(=O)O[C@H](COC(=O)CCCCCCCCCCCCCCCC)COP(=O)(O)OC[C@@H](O)COP(=O)(O)OC[C@@H](COC(=O)CCCCCCCCC(C)C)OC(=O)CCCCCCCCCC(C)C. The number of aliphatic hydroxyl groups excluding tert-OH is 1. The zero-order chi connectivity index (χ0) is 70.0. The Kier molecular flexibility index (Phi) is 66.5. The van der Waals surface area contributed by atoms with Crippen molar-refractivity contribution in [3.8, 4) is 0 Å². The molecule has 0 aliphatic rings. The lowest BCUT2D eigenvalue weighted by Gasteiger charge is -2.21. The van der Waals surface area contributed by atoms with Gasteiger partial charge in [-0.2, -0.15) is 0 Å². The maximum Gasteiger partial charge on any atom is 0.472 e. The Balaban J connectivity index is 5.16. The summed E-state index contributed by atoms with van der Waals surface area (Å²) in [6.07, 6.45) is 56.0. The van der Waals surface area contributed by atoms with Gasteiger partial charge in [-0.1, -0.05) is 343 Å². The van der Waals surface area contributed by atoms with Gasteiger partial charge in [0.25, 0.3) is 0 Å². The van der Waals surface area contributed by atoms with Gasteiger partial charge < -0.3 is 33.8 Å². The molecule has 3 N–H and O–H groups in total. The van der Waals surface area contributed by atoms with Crippen LogP contribution in [0.2, 0.25) is 0 Å². The first-order chi connectivity index (χ1) is 45.9. The quantitative estimate of drug-likeness (QED) is 0.0222. The maximum absolute atomic E-state index is 13.1. The van der Waals surface area contributed by atoms with Gasteiger partial charge in [-0.05, 0) is 37.5 Å². The van der Waals surface area contributed by atoms with Crippen molar-refractivity contribution in [2.75, 3.05) is 39.6 Å². The number of phosphoric ester groups is 2. The van der Waals surface area contributed by atoms with E-state index in [0.29, 0.717) is 37.5 Å². The van der Waals surface area contributed by atoms with Crippen LogP contribution in [-0.4, -0.2) is 96.7 Å². The van der Waals surface area contributed by atoms with Gasteiger partial charge in [-0.15, -0.1) is 0 Å². The fourth-order valence-electron chi connectivity index (χ4n) is 11.7. The summed E-state index contributed by atoms with van der Waals surface area (Å²) in [7, 11) is -9.91. The summed E-state index contributed by atoms with van der Waals surface area (Å²) in [6, 6.07) is 0. The predicted octanol–water partition coefficient (Wildman–Crippen LogP) is 22.3. The van der Waals surface area contributed by atoms with Crippen LogP contribution in [0.25, 0.3) is 0 Å². The van der Waals surface area contributed by atoms with E-state index in [2.05, 4.69) is 41.5 Å². The van der Waals surface area contributed by atoms with E-state index in [0.717, 1.165) is 96.3 Å². The molecule has 0 aromatic rings. The molecule has 0 radical (unpaired) electrons. The van der Waals surface area contributed by atoms with Crippen LogP contribution in [0, 0.1) is 11.8 Å². The molecule has 95 heavy (non-hydrogen) atoms. The molecule has 0 heterocycles. The molecule has 0 bridgehead atoms. The van der Waals surface area contributed by atoms with E-state index in [4.69, 9.17) is 37.0 Å². The minimum Gasteiger partial charge on any atom is -0.462 e. The van der Waals surface area contributed by atoms with Crippen molar-refractivity contribution in [1.82, 2.24) is 0 Å². The number of carbonyl (C=O) groups excluding carboxylic acids is 4. The van der Waals surface area contributed by atoms with E-state index in [1.807, 2.05) is 0 Å². The number of hydrogen-bond acceptors (Lipinski definition) is 15. The van der Waals surface area contributed by atoms with Gasteiger partial charge in [-0.3, -0.25) is 37.3 Å². The molecule has 564 valence electrons. The molecule has 0 aromatic carbocycles. The lowest BCUT2D eigenvalue weighted by Crippen LogP contribution is -2.30.